The summed E-state index contributed by atoms with van der Waals surface area (Å²) in [6.07, 6.45) is 5.54. The van der Waals surface area contributed by atoms with Crippen LogP contribution in [0.15, 0.2) is 6.20 Å². The average molecular weight is 243 g/mol. The van der Waals surface area contributed by atoms with E-state index in [4.69, 9.17) is 11.6 Å². The Bertz CT molecular complexity index is 320. The van der Waals surface area contributed by atoms with Gasteiger partial charge < -0.3 is 4.90 Å². The zero-order chi connectivity index (χ0) is 11.4. The molecule has 0 aliphatic carbocycles. The van der Waals surface area contributed by atoms with Gasteiger partial charge in [0.2, 0.25) is 0 Å². The van der Waals surface area contributed by atoms with Gasteiger partial charge in [0.1, 0.15) is 5.69 Å². The predicted molar refractivity (Wildman–Crippen MR) is 64.6 cm³/mol. The second kappa shape index (κ2) is 5.64. The summed E-state index contributed by atoms with van der Waals surface area (Å²) < 4.78 is 1.90. The molecule has 0 N–H and O–H groups in total. The van der Waals surface area contributed by atoms with Crippen LogP contribution in [0.4, 0.5) is 0 Å². The van der Waals surface area contributed by atoms with Crippen molar-refractivity contribution in [1.29, 1.82) is 0 Å². The van der Waals surface area contributed by atoms with E-state index < -0.39 is 0 Å². The Kier molecular flexibility index (Phi) is 4.18. The van der Waals surface area contributed by atoms with Crippen LogP contribution >= 0.6 is 11.6 Å². The summed E-state index contributed by atoms with van der Waals surface area (Å²) in [6.45, 7) is 6.51. The van der Waals surface area contributed by atoms with Crippen LogP contribution in [0.25, 0.3) is 0 Å². The number of hydrogen-bond acceptors (Lipinski definition) is 3. The molecule has 1 fully saturated rings. The summed E-state index contributed by atoms with van der Waals surface area (Å²) in [4.78, 5) is 2.47. The summed E-state index contributed by atoms with van der Waals surface area (Å²) >= 11 is 6.11. The molecule has 0 aromatic carbocycles. The van der Waals surface area contributed by atoms with E-state index in [1.165, 1.54) is 25.9 Å². The fourth-order valence-electron chi connectivity index (χ4n) is 2.03. The van der Waals surface area contributed by atoms with Gasteiger partial charge in [0.15, 0.2) is 0 Å². The summed E-state index contributed by atoms with van der Waals surface area (Å²) in [5.74, 6) is 0. The fourth-order valence-corrected chi connectivity index (χ4v) is 2.13. The SMILES string of the molecule is CCC(Cl)c1cn(CCN2CCCC2)nn1. The molecular weight excluding hydrogens is 224 g/mol. The highest BCUT2D eigenvalue weighted by atomic mass is 35.5. The van der Waals surface area contributed by atoms with E-state index in [0.717, 1.165) is 25.2 Å². The Morgan fingerprint density at radius 2 is 2.12 bits per heavy atom. The minimum Gasteiger partial charge on any atom is -0.301 e. The molecule has 4 nitrogen and oxygen atoms in total. The molecule has 0 saturated carbocycles. The molecule has 90 valence electrons. The molecule has 5 heteroatoms. The van der Waals surface area contributed by atoms with E-state index in [2.05, 4.69) is 22.1 Å². The summed E-state index contributed by atoms with van der Waals surface area (Å²) in [6, 6.07) is 0. The molecule has 1 aliphatic rings. The molecule has 1 aromatic heterocycles. The third kappa shape index (κ3) is 2.95. The van der Waals surface area contributed by atoms with Crippen LogP contribution < -0.4 is 0 Å². The van der Waals surface area contributed by atoms with Crippen LogP contribution in [0.2, 0.25) is 0 Å². The lowest BCUT2D eigenvalue weighted by Crippen LogP contribution is -2.24. The molecule has 1 aliphatic heterocycles. The minimum atomic E-state index is 0.000497. The standard InChI is InChI=1S/C11H19ClN4/c1-2-10(12)11-9-16(14-13-11)8-7-15-5-3-4-6-15/h9-10H,2-8H2,1H3. The van der Waals surface area contributed by atoms with Crippen molar-refractivity contribution in [3.05, 3.63) is 11.9 Å². The Balaban J connectivity index is 1.82. The van der Waals surface area contributed by atoms with Gasteiger partial charge in [-0.15, -0.1) is 16.7 Å². The van der Waals surface area contributed by atoms with Crippen LogP contribution in [0, 0.1) is 0 Å². The normalized spacial score (nSPS) is 19.1. The van der Waals surface area contributed by atoms with E-state index in [1.807, 2.05) is 10.9 Å². The quantitative estimate of drug-likeness (QED) is 0.742. The number of aromatic nitrogens is 3. The smallest absolute Gasteiger partial charge is 0.100 e. The summed E-state index contributed by atoms with van der Waals surface area (Å²) in [5.41, 5.74) is 0.894. The van der Waals surface area contributed by atoms with Gasteiger partial charge in [0, 0.05) is 12.7 Å². The maximum absolute atomic E-state index is 6.11. The second-order valence-electron chi connectivity index (χ2n) is 4.33. The van der Waals surface area contributed by atoms with Gasteiger partial charge in [-0.1, -0.05) is 12.1 Å². The largest absolute Gasteiger partial charge is 0.301 e. The number of rotatable bonds is 5. The minimum absolute atomic E-state index is 0.000497. The third-order valence-corrected chi connectivity index (χ3v) is 3.61. The molecule has 0 bridgehead atoms. The van der Waals surface area contributed by atoms with Gasteiger partial charge in [-0.3, -0.25) is 4.68 Å². The average Bonchev–Trinajstić information content (AvgIpc) is 2.96. The van der Waals surface area contributed by atoms with Crippen LogP contribution in [0.1, 0.15) is 37.3 Å². The summed E-state index contributed by atoms with van der Waals surface area (Å²) in [7, 11) is 0. The molecule has 1 unspecified atom stereocenters. The topological polar surface area (TPSA) is 34.0 Å². The Morgan fingerprint density at radius 1 is 1.38 bits per heavy atom. The van der Waals surface area contributed by atoms with Gasteiger partial charge >= 0.3 is 0 Å². The van der Waals surface area contributed by atoms with Crippen molar-refractivity contribution in [2.75, 3.05) is 19.6 Å². The van der Waals surface area contributed by atoms with Crippen molar-refractivity contribution < 1.29 is 0 Å². The molecule has 16 heavy (non-hydrogen) atoms. The lowest BCUT2D eigenvalue weighted by atomic mass is 10.3. The van der Waals surface area contributed by atoms with Crippen LogP contribution in [-0.2, 0) is 6.54 Å². The Labute approximate surface area is 102 Å². The van der Waals surface area contributed by atoms with E-state index in [-0.39, 0.29) is 5.38 Å². The van der Waals surface area contributed by atoms with Crippen molar-refractivity contribution >= 4 is 11.6 Å². The van der Waals surface area contributed by atoms with Gasteiger partial charge in [0.05, 0.1) is 11.9 Å². The highest BCUT2D eigenvalue weighted by molar-refractivity contribution is 6.20. The molecule has 1 saturated heterocycles. The van der Waals surface area contributed by atoms with E-state index >= 15 is 0 Å². The Hall–Kier alpha value is -0.610. The van der Waals surface area contributed by atoms with Crippen molar-refractivity contribution in [3.63, 3.8) is 0 Å². The highest BCUT2D eigenvalue weighted by Crippen LogP contribution is 2.20. The van der Waals surface area contributed by atoms with Gasteiger partial charge in [0.25, 0.3) is 0 Å². The monoisotopic (exact) mass is 242 g/mol. The lowest BCUT2D eigenvalue weighted by molar-refractivity contribution is 0.314. The van der Waals surface area contributed by atoms with Crippen LogP contribution in [-0.4, -0.2) is 39.5 Å². The molecule has 0 spiro atoms. The zero-order valence-electron chi connectivity index (χ0n) is 9.77. The van der Waals surface area contributed by atoms with Gasteiger partial charge in [-0.25, -0.2) is 0 Å². The molecule has 0 radical (unpaired) electrons. The number of likely N-dealkylation sites (tertiary alicyclic amines) is 1. The molecular formula is C11H19ClN4. The first-order valence-electron chi connectivity index (χ1n) is 6.06. The number of hydrogen-bond donors (Lipinski definition) is 0. The van der Waals surface area contributed by atoms with Gasteiger partial charge in [-0.2, -0.15) is 0 Å². The van der Waals surface area contributed by atoms with Crippen molar-refractivity contribution in [3.8, 4) is 0 Å². The van der Waals surface area contributed by atoms with E-state index in [9.17, 15) is 0 Å². The van der Waals surface area contributed by atoms with Crippen LogP contribution in [0.3, 0.4) is 0 Å². The maximum atomic E-state index is 6.11. The van der Waals surface area contributed by atoms with Crippen molar-refractivity contribution in [1.82, 2.24) is 19.9 Å². The maximum Gasteiger partial charge on any atom is 0.100 e. The number of halogens is 1. The van der Waals surface area contributed by atoms with E-state index in [0.29, 0.717) is 0 Å². The molecule has 1 atom stereocenters. The van der Waals surface area contributed by atoms with Gasteiger partial charge in [-0.05, 0) is 32.4 Å². The summed E-state index contributed by atoms with van der Waals surface area (Å²) in [5, 5.41) is 8.20. The first kappa shape index (κ1) is 11.9. The molecule has 2 rings (SSSR count). The van der Waals surface area contributed by atoms with Crippen molar-refractivity contribution in [2.45, 2.75) is 38.1 Å². The Morgan fingerprint density at radius 3 is 2.81 bits per heavy atom. The number of nitrogens with zero attached hydrogens (tertiary/aromatic N) is 4. The van der Waals surface area contributed by atoms with E-state index in [1.54, 1.807) is 0 Å². The highest BCUT2D eigenvalue weighted by Gasteiger charge is 2.13. The second-order valence-corrected chi connectivity index (χ2v) is 4.86. The first-order valence-corrected chi connectivity index (χ1v) is 6.49. The molecule has 2 heterocycles. The predicted octanol–water partition coefficient (Wildman–Crippen LogP) is 2.06. The van der Waals surface area contributed by atoms with Crippen LogP contribution in [0.5, 0.6) is 0 Å². The molecule has 1 aromatic rings. The first-order chi connectivity index (χ1) is 7.79. The molecule has 0 amide bonds. The fraction of sp³-hybridized carbons (Fsp3) is 0.818. The number of alkyl halides is 1. The zero-order valence-corrected chi connectivity index (χ0v) is 10.5. The lowest BCUT2D eigenvalue weighted by Gasteiger charge is -2.13. The van der Waals surface area contributed by atoms with Crippen molar-refractivity contribution in [2.24, 2.45) is 0 Å². The third-order valence-electron chi connectivity index (χ3n) is 3.08.